The highest BCUT2D eigenvalue weighted by Gasteiger charge is 2.32. The first-order valence-corrected chi connectivity index (χ1v) is 9.91. The summed E-state index contributed by atoms with van der Waals surface area (Å²) in [5, 5.41) is 17.1. The first-order valence-electron chi connectivity index (χ1n) is 9.91. The second-order valence-corrected chi connectivity index (χ2v) is 7.73. The molecule has 0 unspecified atom stereocenters. The van der Waals surface area contributed by atoms with Crippen molar-refractivity contribution >= 4 is 5.91 Å². The molecule has 1 saturated carbocycles. The molecule has 1 heterocycles. The highest BCUT2D eigenvalue weighted by atomic mass is 19.4. The minimum Gasteiger partial charge on any atom is -0.507 e. The third-order valence-electron chi connectivity index (χ3n) is 5.53. The first kappa shape index (κ1) is 21.2. The number of nitrogens with one attached hydrogen (secondary N) is 1. The quantitative estimate of drug-likeness (QED) is 0.766. The van der Waals surface area contributed by atoms with E-state index >= 15 is 0 Å². The Bertz CT molecular complexity index is 869. The molecule has 2 aromatic rings. The number of phenolic OH excluding ortho intramolecular Hbond substituents is 1. The first-order chi connectivity index (χ1) is 13.7. The number of carbonyl (C=O) groups excluding carboxylic acids is 1. The van der Waals surface area contributed by atoms with Crippen molar-refractivity contribution in [2.75, 3.05) is 0 Å². The predicted molar refractivity (Wildman–Crippen MR) is 103 cm³/mol. The second-order valence-electron chi connectivity index (χ2n) is 7.73. The molecule has 1 aromatic carbocycles. The molecule has 0 spiro atoms. The van der Waals surface area contributed by atoms with Gasteiger partial charge in [0, 0.05) is 18.3 Å². The zero-order chi connectivity index (χ0) is 21.2. The largest absolute Gasteiger partial charge is 0.507 e. The van der Waals surface area contributed by atoms with Gasteiger partial charge in [-0.05, 0) is 69.2 Å². The Labute approximate surface area is 167 Å². The molecule has 158 valence electrons. The van der Waals surface area contributed by atoms with Crippen LogP contribution in [-0.2, 0) is 19.1 Å². The van der Waals surface area contributed by atoms with Gasteiger partial charge in [-0.1, -0.05) is 6.92 Å². The van der Waals surface area contributed by atoms with Crippen LogP contribution in [0.3, 0.4) is 0 Å². The summed E-state index contributed by atoms with van der Waals surface area (Å²) >= 11 is 0. The number of aromatic hydroxyl groups is 1. The zero-order valence-corrected chi connectivity index (χ0v) is 16.6. The standard InChI is InChI=1S/C21H26F3N3O2/c1-3-17-10-13(2)26-27(17)12-14-4-7-16(8-5-14)25-20(29)18-11-15(21(22,23)24)6-9-19(18)28/h6,9-11,14,16,28H,3-5,7-8,12H2,1-2H3,(H,25,29). The number of carbonyl (C=O) groups is 1. The lowest BCUT2D eigenvalue weighted by molar-refractivity contribution is -0.137. The van der Waals surface area contributed by atoms with E-state index in [1.165, 1.54) is 5.69 Å². The van der Waals surface area contributed by atoms with Gasteiger partial charge in [0.05, 0.1) is 16.8 Å². The Balaban J connectivity index is 1.57. The zero-order valence-electron chi connectivity index (χ0n) is 16.6. The smallest absolute Gasteiger partial charge is 0.416 e. The van der Waals surface area contributed by atoms with E-state index in [9.17, 15) is 23.1 Å². The van der Waals surface area contributed by atoms with Crippen molar-refractivity contribution in [1.29, 1.82) is 0 Å². The number of hydrogen-bond acceptors (Lipinski definition) is 3. The van der Waals surface area contributed by atoms with Crippen LogP contribution in [0, 0.1) is 12.8 Å². The SMILES string of the molecule is CCc1cc(C)nn1CC1CCC(NC(=O)c2cc(C(F)(F)F)ccc2O)CC1. The third kappa shape index (κ3) is 5.10. The molecule has 8 heteroatoms. The van der Waals surface area contributed by atoms with Crippen molar-refractivity contribution in [1.82, 2.24) is 15.1 Å². The van der Waals surface area contributed by atoms with E-state index in [0.717, 1.165) is 56.5 Å². The van der Waals surface area contributed by atoms with Crippen LogP contribution in [-0.4, -0.2) is 26.8 Å². The van der Waals surface area contributed by atoms with Crippen LogP contribution in [0.5, 0.6) is 5.75 Å². The molecule has 1 aliphatic rings. The van der Waals surface area contributed by atoms with Gasteiger partial charge in [-0.25, -0.2) is 0 Å². The Kier molecular flexibility index (Phi) is 6.19. The number of rotatable bonds is 5. The van der Waals surface area contributed by atoms with Gasteiger partial charge in [0.1, 0.15) is 5.75 Å². The van der Waals surface area contributed by atoms with Crippen molar-refractivity contribution in [2.24, 2.45) is 5.92 Å². The predicted octanol–water partition coefficient (Wildman–Crippen LogP) is 4.47. The summed E-state index contributed by atoms with van der Waals surface area (Å²) in [6.07, 6.45) is -0.339. The van der Waals surface area contributed by atoms with Crippen molar-refractivity contribution in [3.05, 3.63) is 46.8 Å². The Morgan fingerprint density at radius 2 is 1.93 bits per heavy atom. The molecule has 1 amide bonds. The summed E-state index contributed by atoms with van der Waals surface area (Å²) in [6.45, 7) is 4.92. The van der Waals surface area contributed by atoms with Crippen molar-refractivity contribution < 1.29 is 23.1 Å². The van der Waals surface area contributed by atoms with Crippen LogP contribution in [0.2, 0.25) is 0 Å². The molecule has 0 bridgehead atoms. The fourth-order valence-corrected chi connectivity index (χ4v) is 3.93. The topological polar surface area (TPSA) is 67.2 Å². The summed E-state index contributed by atoms with van der Waals surface area (Å²) in [6, 6.07) is 4.35. The molecular formula is C21H26F3N3O2. The van der Waals surface area contributed by atoms with E-state index < -0.39 is 23.4 Å². The van der Waals surface area contributed by atoms with Crippen LogP contribution in [0.4, 0.5) is 13.2 Å². The summed E-state index contributed by atoms with van der Waals surface area (Å²) in [4.78, 5) is 12.4. The van der Waals surface area contributed by atoms with Crippen LogP contribution in [0.25, 0.3) is 0 Å². The molecule has 0 saturated heterocycles. The van der Waals surface area contributed by atoms with Crippen LogP contribution in [0.1, 0.15) is 59.9 Å². The summed E-state index contributed by atoms with van der Waals surface area (Å²) in [5.41, 5.74) is 0.911. The maximum atomic E-state index is 12.9. The lowest BCUT2D eigenvalue weighted by atomic mass is 9.86. The van der Waals surface area contributed by atoms with Gasteiger partial charge < -0.3 is 10.4 Å². The Hall–Kier alpha value is -2.51. The third-order valence-corrected chi connectivity index (χ3v) is 5.53. The molecule has 2 N–H and O–H groups in total. The van der Waals surface area contributed by atoms with Crippen molar-refractivity contribution in [3.63, 3.8) is 0 Å². The number of aryl methyl sites for hydroxylation is 2. The Morgan fingerprint density at radius 3 is 2.55 bits per heavy atom. The molecule has 5 nitrogen and oxygen atoms in total. The van der Waals surface area contributed by atoms with E-state index in [-0.39, 0.29) is 11.6 Å². The fraction of sp³-hybridized carbons (Fsp3) is 0.524. The number of nitrogens with zero attached hydrogens (tertiary/aromatic N) is 2. The summed E-state index contributed by atoms with van der Waals surface area (Å²) < 4.78 is 40.7. The van der Waals surface area contributed by atoms with Crippen LogP contribution in [0.15, 0.2) is 24.3 Å². The maximum Gasteiger partial charge on any atom is 0.416 e. The molecule has 3 rings (SSSR count). The van der Waals surface area contributed by atoms with E-state index in [1.807, 2.05) is 6.92 Å². The van der Waals surface area contributed by atoms with E-state index in [4.69, 9.17) is 0 Å². The van der Waals surface area contributed by atoms with Gasteiger partial charge >= 0.3 is 6.18 Å². The van der Waals surface area contributed by atoms with Gasteiger partial charge in [-0.3, -0.25) is 9.48 Å². The van der Waals surface area contributed by atoms with Gasteiger partial charge in [0.15, 0.2) is 0 Å². The van der Waals surface area contributed by atoms with Crippen LogP contribution >= 0.6 is 0 Å². The maximum absolute atomic E-state index is 12.9. The van der Waals surface area contributed by atoms with E-state index in [0.29, 0.717) is 12.0 Å². The summed E-state index contributed by atoms with van der Waals surface area (Å²) in [7, 11) is 0. The molecule has 0 aliphatic heterocycles. The lowest BCUT2D eigenvalue weighted by Crippen LogP contribution is -2.38. The van der Waals surface area contributed by atoms with E-state index in [1.54, 1.807) is 0 Å². The Morgan fingerprint density at radius 1 is 1.24 bits per heavy atom. The number of alkyl halides is 3. The number of halogens is 3. The van der Waals surface area contributed by atoms with E-state index in [2.05, 4.69) is 28.1 Å². The van der Waals surface area contributed by atoms with Gasteiger partial charge in [0.25, 0.3) is 5.91 Å². The monoisotopic (exact) mass is 409 g/mol. The van der Waals surface area contributed by atoms with Gasteiger partial charge in [-0.15, -0.1) is 0 Å². The lowest BCUT2D eigenvalue weighted by Gasteiger charge is -2.29. The average molecular weight is 409 g/mol. The fourth-order valence-electron chi connectivity index (χ4n) is 3.93. The second kappa shape index (κ2) is 8.47. The number of benzene rings is 1. The number of amides is 1. The normalized spacial score (nSPS) is 19.9. The summed E-state index contributed by atoms with van der Waals surface area (Å²) in [5.74, 6) is -0.673. The molecule has 29 heavy (non-hydrogen) atoms. The number of aromatic nitrogens is 2. The highest BCUT2D eigenvalue weighted by Crippen LogP contribution is 2.32. The van der Waals surface area contributed by atoms with Crippen LogP contribution < -0.4 is 5.32 Å². The molecule has 1 aliphatic carbocycles. The van der Waals surface area contributed by atoms with Gasteiger partial charge in [0.2, 0.25) is 0 Å². The molecule has 0 radical (unpaired) electrons. The van der Waals surface area contributed by atoms with Gasteiger partial charge in [-0.2, -0.15) is 18.3 Å². The minimum absolute atomic E-state index is 0.113. The average Bonchev–Trinajstić information content (AvgIpc) is 3.02. The minimum atomic E-state index is -4.57. The van der Waals surface area contributed by atoms with Crippen molar-refractivity contribution in [3.8, 4) is 5.75 Å². The van der Waals surface area contributed by atoms with Crippen molar-refractivity contribution in [2.45, 2.75) is 64.7 Å². The molecule has 1 aromatic heterocycles. The number of hydrogen-bond donors (Lipinski definition) is 2. The molecular weight excluding hydrogens is 383 g/mol. The molecule has 0 atom stereocenters. The highest BCUT2D eigenvalue weighted by molar-refractivity contribution is 5.97. The number of phenols is 1. The molecule has 1 fully saturated rings.